The first-order chi connectivity index (χ1) is 11.5. The predicted molar refractivity (Wildman–Crippen MR) is 94.5 cm³/mol. The molecular weight excluding hydrogens is 326 g/mol. The average molecular weight is 342 g/mol. The van der Waals surface area contributed by atoms with Crippen molar-refractivity contribution in [1.29, 1.82) is 0 Å². The van der Waals surface area contributed by atoms with Crippen molar-refractivity contribution in [2.24, 2.45) is 0 Å². The van der Waals surface area contributed by atoms with E-state index in [1.54, 1.807) is 19.1 Å². The summed E-state index contributed by atoms with van der Waals surface area (Å²) < 4.78 is 6.01. The van der Waals surface area contributed by atoms with Crippen LogP contribution in [0.5, 0.6) is 0 Å². The first-order valence-electron chi connectivity index (χ1n) is 7.80. The molecule has 24 heavy (non-hydrogen) atoms. The topological polar surface area (TPSA) is 53.7 Å². The molecule has 3 aromatic rings. The molecule has 0 saturated carbocycles. The van der Waals surface area contributed by atoms with Gasteiger partial charge < -0.3 is 14.4 Å². The van der Waals surface area contributed by atoms with E-state index >= 15 is 0 Å². The van der Waals surface area contributed by atoms with Gasteiger partial charge >= 0.3 is 0 Å². The molecule has 0 aliphatic carbocycles. The minimum Gasteiger partial charge on any atom is -0.440 e. The van der Waals surface area contributed by atoms with E-state index in [1.807, 2.05) is 17.0 Å². The van der Waals surface area contributed by atoms with Crippen molar-refractivity contribution >= 4 is 28.5 Å². The normalized spacial score (nSPS) is 14.9. The number of halogens is 1. The van der Waals surface area contributed by atoms with E-state index in [2.05, 4.69) is 12.1 Å². The summed E-state index contributed by atoms with van der Waals surface area (Å²) in [6.07, 6.45) is -0.777. The van der Waals surface area contributed by atoms with Crippen molar-refractivity contribution in [1.82, 2.24) is 0 Å². The summed E-state index contributed by atoms with van der Waals surface area (Å²) in [5.41, 5.74) is 3.21. The highest BCUT2D eigenvalue weighted by molar-refractivity contribution is 6.31. The molecule has 0 fully saturated rings. The van der Waals surface area contributed by atoms with Gasteiger partial charge in [0.05, 0.1) is 11.5 Å². The standard InChI is InChI=1S/C19H16ClNO3/c1-11(22)15-6-14(20)7-16-17(23)8-18(24-19(15)16)21-9-12-4-2-3-5-13(12)10-21/h2-8,11,22H,9-10H2,1H3. The number of aliphatic hydroxyl groups is 1. The lowest BCUT2D eigenvalue weighted by atomic mass is 10.1. The van der Waals surface area contributed by atoms with Crippen molar-refractivity contribution in [2.75, 3.05) is 4.90 Å². The highest BCUT2D eigenvalue weighted by Gasteiger charge is 2.22. The Hall–Kier alpha value is -2.30. The maximum Gasteiger partial charge on any atom is 0.200 e. The first kappa shape index (κ1) is 15.2. The number of aliphatic hydroxyl groups excluding tert-OH is 1. The van der Waals surface area contributed by atoms with Crippen molar-refractivity contribution in [3.8, 4) is 0 Å². The van der Waals surface area contributed by atoms with Crippen LogP contribution >= 0.6 is 11.6 Å². The zero-order valence-electron chi connectivity index (χ0n) is 13.1. The van der Waals surface area contributed by atoms with Gasteiger partial charge in [-0.05, 0) is 30.2 Å². The van der Waals surface area contributed by atoms with Crippen LogP contribution in [0.3, 0.4) is 0 Å². The smallest absolute Gasteiger partial charge is 0.200 e. The third-order valence-corrected chi connectivity index (χ3v) is 4.63. The maximum absolute atomic E-state index is 12.5. The number of nitrogens with zero attached hydrogens (tertiary/aromatic N) is 1. The summed E-state index contributed by atoms with van der Waals surface area (Å²) in [5, 5.41) is 10.8. The molecule has 4 rings (SSSR count). The van der Waals surface area contributed by atoms with Gasteiger partial charge in [0.15, 0.2) is 5.43 Å². The number of benzene rings is 2. The fourth-order valence-corrected chi connectivity index (χ4v) is 3.42. The van der Waals surface area contributed by atoms with Gasteiger partial charge in [-0.2, -0.15) is 0 Å². The second-order valence-electron chi connectivity index (χ2n) is 6.12. The molecular formula is C19H16ClNO3. The molecule has 2 heterocycles. The van der Waals surface area contributed by atoms with Crippen LogP contribution in [-0.2, 0) is 13.1 Å². The molecule has 0 amide bonds. The third-order valence-electron chi connectivity index (χ3n) is 4.41. The van der Waals surface area contributed by atoms with Gasteiger partial charge in [0, 0.05) is 29.7 Å². The van der Waals surface area contributed by atoms with Crippen molar-refractivity contribution < 1.29 is 9.52 Å². The summed E-state index contributed by atoms with van der Waals surface area (Å²) in [7, 11) is 0. The van der Waals surface area contributed by atoms with Crippen molar-refractivity contribution in [3.05, 3.63) is 74.4 Å². The number of rotatable bonds is 2. The summed E-state index contributed by atoms with van der Waals surface area (Å²) >= 11 is 6.07. The quantitative estimate of drug-likeness (QED) is 0.765. The van der Waals surface area contributed by atoms with Gasteiger partial charge in [-0.15, -0.1) is 0 Å². The second-order valence-corrected chi connectivity index (χ2v) is 6.56. The Labute approximate surface area is 143 Å². The Morgan fingerprint density at radius 3 is 2.46 bits per heavy atom. The second kappa shape index (κ2) is 5.65. The molecule has 1 unspecified atom stereocenters. The molecule has 1 aliphatic heterocycles. The predicted octanol–water partition coefficient (Wildman–Crippen LogP) is 4.02. The van der Waals surface area contributed by atoms with Crippen LogP contribution < -0.4 is 10.3 Å². The fraction of sp³-hybridized carbons (Fsp3) is 0.211. The highest BCUT2D eigenvalue weighted by atomic mass is 35.5. The van der Waals surface area contributed by atoms with Gasteiger partial charge in [0.1, 0.15) is 5.58 Å². The summed E-state index contributed by atoms with van der Waals surface area (Å²) in [4.78, 5) is 14.5. The van der Waals surface area contributed by atoms with Crippen LogP contribution in [0.1, 0.15) is 29.7 Å². The Kier molecular flexibility index (Phi) is 3.59. The number of hydrogen-bond acceptors (Lipinski definition) is 4. The summed E-state index contributed by atoms with van der Waals surface area (Å²) in [6.45, 7) is 3.02. The molecule has 2 aromatic carbocycles. The van der Waals surface area contributed by atoms with Crippen LogP contribution in [0.25, 0.3) is 11.0 Å². The van der Waals surface area contributed by atoms with E-state index in [0.29, 0.717) is 40.5 Å². The Morgan fingerprint density at radius 2 is 1.83 bits per heavy atom. The monoisotopic (exact) mass is 341 g/mol. The lowest BCUT2D eigenvalue weighted by molar-refractivity contribution is 0.199. The van der Waals surface area contributed by atoms with Crippen LogP contribution in [0.4, 0.5) is 5.88 Å². The molecule has 0 bridgehead atoms. The minimum absolute atomic E-state index is 0.161. The number of anilines is 1. The SMILES string of the molecule is CC(O)c1cc(Cl)cc2c(=O)cc(N3Cc4ccccc4C3)oc12. The van der Waals surface area contributed by atoms with Gasteiger partial charge in [-0.25, -0.2) is 0 Å². The number of fused-ring (bicyclic) bond motifs is 2. The first-order valence-corrected chi connectivity index (χ1v) is 8.18. The van der Waals surface area contributed by atoms with Crippen LogP contribution in [0.15, 0.2) is 51.7 Å². The summed E-state index contributed by atoms with van der Waals surface area (Å²) in [6, 6.07) is 12.9. The van der Waals surface area contributed by atoms with Crippen LogP contribution in [-0.4, -0.2) is 5.11 Å². The molecule has 1 aromatic heterocycles. The van der Waals surface area contributed by atoms with Gasteiger partial charge in [-0.3, -0.25) is 4.79 Å². The van der Waals surface area contributed by atoms with Gasteiger partial charge in [0.25, 0.3) is 0 Å². The zero-order chi connectivity index (χ0) is 16.8. The highest BCUT2D eigenvalue weighted by Crippen LogP contribution is 2.32. The largest absolute Gasteiger partial charge is 0.440 e. The molecule has 1 aliphatic rings. The third kappa shape index (κ3) is 2.48. The molecule has 122 valence electrons. The Morgan fingerprint density at radius 1 is 1.17 bits per heavy atom. The van der Waals surface area contributed by atoms with E-state index in [0.717, 1.165) is 0 Å². The zero-order valence-corrected chi connectivity index (χ0v) is 13.9. The lowest BCUT2D eigenvalue weighted by Crippen LogP contribution is -2.17. The number of hydrogen-bond donors (Lipinski definition) is 1. The molecule has 0 radical (unpaired) electrons. The average Bonchev–Trinajstić information content (AvgIpc) is 2.98. The molecule has 4 nitrogen and oxygen atoms in total. The van der Waals surface area contributed by atoms with Crippen LogP contribution in [0, 0.1) is 0 Å². The molecule has 1 N–H and O–H groups in total. The van der Waals surface area contributed by atoms with E-state index in [1.165, 1.54) is 17.2 Å². The van der Waals surface area contributed by atoms with Crippen molar-refractivity contribution in [3.63, 3.8) is 0 Å². The molecule has 5 heteroatoms. The van der Waals surface area contributed by atoms with E-state index < -0.39 is 6.10 Å². The minimum atomic E-state index is -0.777. The molecule has 1 atom stereocenters. The lowest BCUT2D eigenvalue weighted by Gasteiger charge is -2.17. The van der Waals surface area contributed by atoms with E-state index in [4.69, 9.17) is 16.0 Å². The van der Waals surface area contributed by atoms with E-state index in [-0.39, 0.29) is 5.43 Å². The van der Waals surface area contributed by atoms with Crippen LogP contribution in [0.2, 0.25) is 5.02 Å². The maximum atomic E-state index is 12.5. The van der Waals surface area contributed by atoms with Gasteiger partial charge in [-0.1, -0.05) is 35.9 Å². The van der Waals surface area contributed by atoms with Gasteiger partial charge in [0.2, 0.25) is 5.88 Å². The molecule has 0 spiro atoms. The Bertz CT molecular complexity index is 969. The molecule has 0 saturated heterocycles. The van der Waals surface area contributed by atoms with E-state index in [9.17, 15) is 9.90 Å². The van der Waals surface area contributed by atoms with Crippen molar-refractivity contribution in [2.45, 2.75) is 26.1 Å². The fourth-order valence-electron chi connectivity index (χ4n) is 3.19. The summed E-state index contributed by atoms with van der Waals surface area (Å²) in [5.74, 6) is 0.507. The Balaban J connectivity index is 1.85.